The highest BCUT2D eigenvalue weighted by Gasteiger charge is 2.19. The fourth-order valence-corrected chi connectivity index (χ4v) is 1.39. The van der Waals surface area contributed by atoms with Gasteiger partial charge in [-0.25, -0.2) is 4.98 Å². The van der Waals surface area contributed by atoms with Crippen LogP contribution in [0.25, 0.3) is 0 Å². The van der Waals surface area contributed by atoms with Crippen molar-refractivity contribution in [1.82, 2.24) is 20.1 Å². The van der Waals surface area contributed by atoms with Gasteiger partial charge in [0.15, 0.2) is 0 Å². The Balaban J connectivity index is 2.70. The van der Waals surface area contributed by atoms with Gasteiger partial charge in [0.1, 0.15) is 5.82 Å². The lowest BCUT2D eigenvalue weighted by atomic mass is 10.3. The fraction of sp³-hybridized carbons (Fsp3) is 0.636. The molecule has 0 saturated carbocycles. The summed E-state index contributed by atoms with van der Waals surface area (Å²) in [4.78, 5) is 17.7. The van der Waals surface area contributed by atoms with Gasteiger partial charge in [0.2, 0.25) is 5.82 Å². The number of H-pyrrole nitrogens is 1. The first-order valence-electron chi connectivity index (χ1n) is 5.79. The molecule has 0 radical (unpaired) electrons. The van der Waals surface area contributed by atoms with Crippen LogP contribution >= 0.6 is 0 Å². The number of aromatic amines is 1. The summed E-state index contributed by atoms with van der Waals surface area (Å²) in [6.07, 6.45) is 0.969. The van der Waals surface area contributed by atoms with E-state index in [0.29, 0.717) is 31.9 Å². The monoisotopic (exact) mass is 251 g/mol. The predicted molar refractivity (Wildman–Crippen MR) is 63.8 cm³/mol. The number of nitrogens with one attached hydrogen (secondary N) is 1. The summed E-state index contributed by atoms with van der Waals surface area (Å²) in [6, 6.07) is 2.01. The van der Waals surface area contributed by atoms with Crippen molar-refractivity contribution in [3.63, 3.8) is 0 Å². The molecule has 1 aromatic rings. The number of aryl methyl sites for hydroxylation is 1. The number of carbonyl (C=O) groups excluding carboxylic acids is 1. The van der Waals surface area contributed by atoms with Crippen LogP contribution in [0.3, 0.4) is 0 Å². The van der Waals surface area contributed by atoms with Crippen LogP contribution in [0, 0.1) is 11.3 Å². The molecule has 7 nitrogen and oxygen atoms in total. The highest BCUT2D eigenvalue weighted by molar-refractivity contribution is 5.90. The van der Waals surface area contributed by atoms with Gasteiger partial charge in [-0.1, -0.05) is 6.92 Å². The Hall–Kier alpha value is -1.94. The van der Waals surface area contributed by atoms with E-state index in [0.717, 1.165) is 0 Å². The molecule has 1 N–H and O–H groups in total. The third kappa shape index (κ3) is 3.82. The molecule has 98 valence electrons. The van der Waals surface area contributed by atoms with E-state index in [2.05, 4.69) is 15.2 Å². The van der Waals surface area contributed by atoms with Crippen LogP contribution < -0.4 is 0 Å². The molecule has 0 bridgehead atoms. The first-order chi connectivity index (χ1) is 8.72. The molecule has 0 saturated heterocycles. The number of nitriles is 1. The summed E-state index contributed by atoms with van der Waals surface area (Å²) < 4.78 is 4.94. The molecular formula is C11H17N5O2. The molecular weight excluding hydrogens is 234 g/mol. The van der Waals surface area contributed by atoms with Crippen LogP contribution in [-0.4, -0.2) is 52.8 Å². The van der Waals surface area contributed by atoms with Crippen molar-refractivity contribution in [3.8, 4) is 6.07 Å². The molecule has 1 rings (SSSR count). The number of ether oxygens (including phenoxy) is 1. The second-order valence-corrected chi connectivity index (χ2v) is 3.65. The number of methoxy groups -OCH3 is 1. The molecule has 0 spiro atoms. The first-order valence-corrected chi connectivity index (χ1v) is 5.79. The van der Waals surface area contributed by atoms with E-state index >= 15 is 0 Å². The lowest BCUT2D eigenvalue weighted by molar-refractivity contribution is 0.0688. The average Bonchev–Trinajstić information content (AvgIpc) is 2.87. The van der Waals surface area contributed by atoms with Crippen LogP contribution in [0.4, 0.5) is 0 Å². The summed E-state index contributed by atoms with van der Waals surface area (Å²) >= 11 is 0. The molecule has 1 heterocycles. The molecule has 0 aliphatic heterocycles. The molecule has 7 heteroatoms. The number of hydrogen-bond acceptors (Lipinski definition) is 5. The normalized spacial score (nSPS) is 10.1. The van der Waals surface area contributed by atoms with Gasteiger partial charge in [-0.3, -0.25) is 9.89 Å². The van der Waals surface area contributed by atoms with E-state index in [9.17, 15) is 4.79 Å². The van der Waals surface area contributed by atoms with E-state index < -0.39 is 0 Å². The van der Waals surface area contributed by atoms with Gasteiger partial charge < -0.3 is 9.64 Å². The Kier molecular flexibility index (Phi) is 5.80. The highest BCUT2D eigenvalue weighted by atomic mass is 16.5. The van der Waals surface area contributed by atoms with Crippen molar-refractivity contribution in [2.24, 2.45) is 0 Å². The number of hydrogen-bond donors (Lipinski definition) is 1. The number of carbonyl (C=O) groups is 1. The van der Waals surface area contributed by atoms with Crippen molar-refractivity contribution < 1.29 is 9.53 Å². The fourth-order valence-electron chi connectivity index (χ4n) is 1.39. The number of aromatic nitrogens is 3. The van der Waals surface area contributed by atoms with Gasteiger partial charge in [0.25, 0.3) is 5.91 Å². The van der Waals surface area contributed by atoms with E-state index in [1.807, 2.05) is 13.0 Å². The maximum absolute atomic E-state index is 12.1. The largest absolute Gasteiger partial charge is 0.383 e. The Morgan fingerprint density at radius 3 is 2.89 bits per heavy atom. The van der Waals surface area contributed by atoms with E-state index in [4.69, 9.17) is 10.00 Å². The van der Waals surface area contributed by atoms with Crippen LogP contribution in [0.2, 0.25) is 0 Å². The minimum absolute atomic E-state index is 0.140. The Labute approximate surface area is 106 Å². The minimum atomic E-state index is -0.279. The van der Waals surface area contributed by atoms with Gasteiger partial charge >= 0.3 is 0 Å². The van der Waals surface area contributed by atoms with Gasteiger partial charge in [-0.2, -0.15) is 5.26 Å². The molecule has 1 aromatic heterocycles. The molecule has 1 amide bonds. The maximum atomic E-state index is 12.1. The molecule has 0 aromatic carbocycles. The van der Waals surface area contributed by atoms with Gasteiger partial charge in [-0.15, -0.1) is 5.10 Å². The van der Waals surface area contributed by atoms with Crippen molar-refractivity contribution in [1.29, 1.82) is 5.26 Å². The second kappa shape index (κ2) is 7.40. The molecule has 0 atom stereocenters. The molecule has 0 unspecified atom stereocenters. The summed E-state index contributed by atoms with van der Waals surface area (Å²) in [7, 11) is 1.56. The zero-order valence-corrected chi connectivity index (χ0v) is 10.6. The average molecular weight is 251 g/mol. The predicted octanol–water partition coefficient (Wildman–Crippen LogP) is 0.369. The third-order valence-corrected chi connectivity index (χ3v) is 2.40. The topological polar surface area (TPSA) is 94.9 Å². The lowest BCUT2D eigenvalue weighted by Crippen LogP contribution is -2.35. The highest BCUT2D eigenvalue weighted by Crippen LogP contribution is 2.01. The maximum Gasteiger partial charge on any atom is 0.293 e. The lowest BCUT2D eigenvalue weighted by Gasteiger charge is -2.19. The van der Waals surface area contributed by atoms with Crippen LogP contribution in [-0.2, 0) is 11.2 Å². The third-order valence-electron chi connectivity index (χ3n) is 2.40. The zero-order chi connectivity index (χ0) is 13.4. The van der Waals surface area contributed by atoms with Gasteiger partial charge in [-0.05, 0) is 0 Å². The quantitative estimate of drug-likeness (QED) is 0.755. The molecule has 0 aliphatic carbocycles. The van der Waals surface area contributed by atoms with E-state index in [-0.39, 0.29) is 18.2 Å². The van der Waals surface area contributed by atoms with Gasteiger partial charge in [0, 0.05) is 26.6 Å². The van der Waals surface area contributed by atoms with Gasteiger partial charge in [0.05, 0.1) is 19.1 Å². The standard InChI is InChI=1S/C11H17N5O2/c1-3-9-13-10(15-14-9)11(17)16(6-4-5-12)7-8-18-2/h3-4,6-8H2,1-2H3,(H,13,14,15). The second-order valence-electron chi connectivity index (χ2n) is 3.65. The van der Waals surface area contributed by atoms with Crippen molar-refractivity contribution in [3.05, 3.63) is 11.6 Å². The number of nitrogens with zero attached hydrogens (tertiary/aromatic N) is 4. The summed E-state index contributed by atoms with van der Waals surface area (Å²) in [6.45, 7) is 3.12. The van der Waals surface area contributed by atoms with Crippen molar-refractivity contribution in [2.75, 3.05) is 26.8 Å². The molecule has 18 heavy (non-hydrogen) atoms. The Morgan fingerprint density at radius 1 is 1.56 bits per heavy atom. The SMILES string of the molecule is CCc1nc(C(=O)N(CCC#N)CCOC)n[nH]1. The first kappa shape index (κ1) is 14.1. The Morgan fingerprint density at radius 2 is 2.33 bits per heavy atom. The van der Waals surface area contributed by atoms with E-state index in [1.54, 1.807) is 7.11 Å². The minimum Gasteiger partial charge on any atom is -0.383 e. The zero-order valence-electron chi connectivity index (χ0n) is 10.6. The summed E-state index contributed by atoms with van der Waals surface area (Å²) in [5, 5.41) is 15.1. The van der Waals surface area contributed by atoms with Crippen LogP contribution in [0.15, 0.2) is 0 Å². The van der Waals surface area contributed by atoms with E-state index in [1.165, 1.54) is 4.90 Å². The molecule has 0 aliphatic rings. The van der Waals surface area contributed by atoms with Crippen LogP contribution in [0.5, 0.6) is 0 Å². The summed E-state index contributed by atoms with van der Waals surface area (Å²) in [5.41, 5.74) is 0. The van der Waals surface area contributed by atoms with Crippen LogP contribution in [0.1, 0.15) is 29.8 Å². The molecule has 0 fully saturated rings. The van der Waals surface area contributed by atoms with Crippen molar-refractivity contribution in [2.45, 2.75) is 19.8 Å². The smallest absolute Gasteiger partial charge is 0.293 e. The van der Waals surface area contributed by atoms with Crippen molar-refractivity contribution >= 4 is 5.91 Å². The Bertz CT molecular complexity index is 423. The number of rotatable bonds is 7. The number of amides is 1. The summed E-state index contributed by atoms with van der Waals surface area (Å²) in [5.74, 6) is 0.532.